The molecule has 0 aliphatic heterocycles. The van der Waals surface area contributed by atoms with Crippen molar-refractivity contribution in [3.8, 4) is 11.1 Å². The second kappa shape index (κ2) is 8.27. The van der Waals surface area contributed by atoms with Gasteiger partial charge in [0.15, 0.2) is 0 Å². The molecule has 1 atom stereocenters. The van der Waals surface area contributed by atoms with Crippen molar-refractivity contribution in [2.24, 2.45) is 0 Å². The standard InChI is InChI=1S/C34H34/c1-4-5-6-7-10-25-18-27-19-26-13-15-31-30-14-12-24(3)17-32(30)34(33(31)22-26,29(20-25)21-27)28-11-8-9-23(2)16-28/h8-9,11-18,20-22H,4-7,10,19H2,1-3H3. The van der Waals surface area contributed by atoms with Gasteiger partial charge in [0.25, 0.3) is 0 Å². The van der Waals surface area contributed by atoms with E-state index in [0.29, 0.717) is 0 Å². The maximum absolute atomic E-state index is 2.54. The summed E-state index contributed by atoms with van der Waals surface area (Å²) in [6.07, 6.45) is 7.41. The van der Waals surface area contributed by atoms with Crippen LogP contribution in [-0.2, 0) is 18.3 Å². The highest BCUT2D eigenvalue weighted by molar-refractivity contribution is 5.87. The molecule has 0 amide bonds. The quantitative estimate of drug-likeness (QED) is 0.226. The molecule has 1 unspecified atom stereocenters. The molecule has 0 saturated heterocycles. The van der Waals surface area contributed by atoms with E-state index in [1.807, 2.05) is 0 Å². The highest BCUT2D eigenvalue weighted by atomic mass is 14.5. The van der Waals surface area contributed by atoms with Gasteiger partial charge in [-0.15, -0.1) is 0 Å². The Bertz CT molecular complexity index is 1380. The lowest BCUT2D eigenvalue weighted by Crippen LogP contribution is -2.30. The molecule has 0 N–H and O–H groups in total. The van der Waals surface area contributed by atoms with E-state index in [9.17, 15) is 0 Å². The Kier molecular flexibility index (Phi) is 5.21. The average molecular weight is 443 g/mol. The van der Waals surface area contributed by atoms with Gasteiger partial charge in [0.1, 0.15) is 0 Å². The third kappa shape index (κ3) is 3.27. The minimum absolute atomic E-state index is 0.257. The van der Waals surface area contributed by atoms with Crippen LogP contribution in [0.3, 0.4) is 0 Å². The lowest BCUT2D eigenvalue weighted by Gasteiger charge is -2.36. The molecule has 2 aliphatic rings. The van der Waals surface area contributed by atoms with Crippen LogP contribution in [0.4, 0.5) is 0 Å². The fraction of sp³-hybridized carbons (Fsp3) is 0.294. The maximum Gasteiger partial charge on any atom is 0.0714 e. The average Bonchev–Trinajstić information content (AvgIpc) is 3.10. The first-order valence-corrected chi connectivity index (χ1v) is 13.0. The molecule has 0 heteroatoms. The molecule has 170 valence electrons. The zero-order chi connectivity index (χ0) is 23.3. The van der Waals surface area contributed by atoms with Gasteiger partial charge in [-0.1, -0.05) is 116 Å². The lowest BCUT2D eigenvalue weighted by atomic mass is 9.65. The van der Waals surface area contributed by atoms with Gasteiger partial charge in [-0.3, -0.25) is 0 Å². The van der Waals surface area contributed by atoms with Crippen LogP contribution in [0.25, 0.3) is 11.1 Å². The Hall–Kier alpha value is -3.12. The molecule has 0 fully saturated rings. The van der Waals surface area contributed by atoms with Crippen LogP contribution < -0.4 is 0 Å². The van der Waals surface area contributed by atoms with Gasteiger partial charge in [0.2, 0.25) is 0 Å². The fourth-order valence-electron chi connectivity index (χ4n) is 6.48. The van der Waals surface area contributed by atoms with Crippen molar-refractivity contribution in [3.05, 3.63) is 129 Å². The molecule has 0 radical (unpaired) electrons. The van der Waals surface area contributed by atoms with Crippen molar-refractivity contribution >= 4 is 0 Å². The van der Waals surface area contributed by atoms with E-state index in [1.165, 1.54) is 93.3 Å². The molecule has 0 nitrogen and oxygen atoms in total. The number of unbranched alkanes of at least 4 members (excludes halogenated alkanes) is 3. The van der Waals surface area contributed by atoms with E-state index >= 15 is 0 Å². The van der Waals surface area contributed by atoms with Crippen LogP contribution in [-0.4, -0.2) is 0 Å². The van der Waals surface area contributed by atoms with Gasteiger partial charge in [0, 0.05) is 0 Å². The van der Waals surface area contributed by atoms with Crippen molar-refractivity contribution in [1.82, 2.24) is 0 Å². The minimum Gasteiger partial charge on any atom is -0.0654 e. The molecule has 0 heterocycles. The molecule has 0 saturated carbocycles. The summed E-state index contributed by atoms with van der Waals surface area (Å²) in [5.74, 6) is 0. The molecule has 4 aromatic carbocycles. The maximum atomic E-state index is 2.54. The zero-order valence-corrected chi connectivity index (χ0v) is 20.7. The summed E-state index contributed by atoms with van der Waals surface area (Å²) in [6, 6.07) is 31.1. The van der Waals surface area contributed by atoms with E-state index in [2.05, 4.69) is 99.6 Å². The topological polar surface area (TPSA) is 0 Å². The molecule has 2 aliphatic carbocycles. The summed E-state index contributed by atoms with van der Waals surface area (Å²) < 4.78 is 0. The molecule has 0 aromatic heterocycles. The lowest BCUT2D eigenvalue weighted by molar-refractivity contribution is 0.665. The summed E-state index contributed by atoms with van der Waals surface area (Å²) in [5.41, 5.74) is 15.3. The highest BCUT2D eigenvalue weighted by Crippen LogP contribution is 2.57. The van der Waals surface area contributed by atoms with Crippen LogP contribution in [0.2, 0.25) is 0 Å². The molecule has 4 bridgehead atoms. The van der Waals surface area contributed by atoms with Gasteiger partial charge in [0.05, 0.1) is 5.41 Å². The first kappa shape index (κ1) is 21.4. The SMILES string of the molecule is CCCCCCc1cc2cc(c1)C1(c3cccc(C)c3)c3cc(C)ccc3-c3ccc(cc31)C2. The van der Waals surface area contributed by atoms with E-state index in [0.717, 1.165) is 6.42 Å². The van der Waals surface area contributed by atoms with Crippen LogP contribution in [0.5, 0.6) is 0 Å². The Balaban J connectivity index is 1.66. The molecular weight excluding hydrogens is 408 g/mol. The molecule has 4 aromatic rings. The molecule has 0 spiro atoms. The van der Waals surface area contributed by atoms with Crippen LogP contribution >= 0.6 is 0 Å². The number of hydrogen-bond acceptors (Lipinski definition) is 0. The molecular formula is C34H34. The largest absolute Gasteiger partial charge is 0.0714 e. The van der Waals surface area contributed by atoms with Crippen molar-refractivity contribution in [1.29, 1.82) is 0 Å². The Morgan fingerprint density at radius 2 is 1.44 bits per heavy atom. The second-order valence-corrected chi connectivity index (χ2v) is 10.6. The van der Waals surface area contributed by atoms with Crippen LogP contribution in [0.1, 0.15) is 82.7 Å². The highest BCUT2D eigenvalue weighted by Gasteiger charge is 2.47. The van der Waals surface area contributed by atoms with Crippen molar-refractivity contribution in [2.75, 3.05) is 0 Å². The van der Waals surface area contributed by atoms with Gasteiger partial charge in [-0.25, -0.2) is 0 Å². The first-order chi connectivity index (χ1) is 16.6. The Morgan fingerprint density at radius 3 is 2.26 bits per heavy atom. The summed E-state index contributed by atoms with van der Waals surface area (Å²) in [6.45, 7) is 6.75. The first-order valence-electron chi connectivity index (χ1n) is 13.0. The summed E-state index contributed by atoms with van der Waals surface area (Å²) in [7, 11) is 0. The zero-order valence-electron chi connectivity index (χ0n) is 20.7. The smallest absolute Gasteiger partial charge is 0.0654 e. The number of aryl methyl sites for hydroxylation is 3. The minimum atomic E-state index is -0.257. The number of fused-ring (bicyclic) bond motifs is 7. The fourth-order valence-corrected chi connectivity index (χ4v) is 6.48. The normalized spacial score (nSPS) is 17.3. The summed E-state index contributed by atoms with van der Waals surface area (Å²) in [4.78, 5) is 0. The van der Waals surface area contributed by atoms with Crippen molar-refractivity contribution in [2.45, 2.75) is 64.7 Å². The molecule has 34 heavy (non-hydrogen) atoms. The summed E-state index contributed by atoms with van der Waals surface area (Å²) in [5, 5.41) is 0. The van der Waals surface area contributed by atoms with Crippen molar-refractivity contribution in [3.63, 3.8) is 0 Å². The second-order valence-electron chi connectivity index (χ2n) is 10.6. The summed E-state index contributed by atoms with van der Waals surface area (Å²) >= 11 is 0. The third-order valence-electron chi connectivity index (χ3n) is 8.02. The monoisotopic (exact) mass is 442 g/mol. The van der Waals surface area contributed by atoms with Crippen molar-refractivity contribution < 1.29 is 0 Å². The number of benzene rings is 4. The van der Waals surface area contributed by atoms with Gasteiger partial charge < -0.3 is 0 Å². The number of hydrogen-bond donors (Lipinski definition) is 0. The Morgan fingerprint density at radius 1 is 0.647 bits per heavy atom. The van der Waals surface area contributed by atoms with Gasteiger partial charge in [-0.2, -0.15) is 0 Å². The van der Waals surface area contributed by atoms with Gasteiger partial charge >= 0.3 is 0 Å². The predicted octanol–water partition coefficient (Wildman–Crippen LogP) is 8.69. The predicted molar refractivity (Wildman–Crippen MR) is 144 cm³/mol. The van der Waals surface area contributed by atoms with E-state index < -0.39 is 0 Å². The third-order valence-corrected chi connectivity index (χ3v) is 8.02. The van der Waals surface area contributed by atoms with Crippen LogP contribution in [0.15, 0.2) is 78.9 Å². The van der Waals surface area contributed by atoms with E-state index in [1.54, 1.807) is 0 Å². The Labute approximate surface area is 204 Å². The van der Waals surface area contributed by atoms with Gasteiger partial charge in [-0.05, 0) is 83.2 Å². The van der Waals surface area contributed by atoms with Crippen LogP contribution in [0, 0.1) is 13.8 Å². The van der Waals surface area contributed by atoms with E-state index in [4.69, 9.17) is 0 Å². The van der Waals surface area contributed by atoms with E-state index in [-0.39, 0.29) is 5.41 Å². The molecule has 6 rings (SSSR count). The number of rotatable bonds is 6.